The van der Waals surface area contributed by atoms with Crippen molar-refractivity contribution in [3.63, 3.8) is 0 Å². The number of carbonyl (C=O) groups is 2. The molecule has 5 aliphatic rings. The summed E-state index contributed by atoms with van der Waals surface area (Å²) in [6, 6.07) is 0. The average Bonchev–Trinajstić information content (AvgIpc) is 3.30. The van der Waals surface area contributed by atoms with Crippen LogP contribution in [0, 0.1) is 62.6 Å². The van der Waals surface area contributed by atoms with Crippen molar-refractivity contribution in [2.75, 3.05) is 13.1 Å². The zero-order chi connectivity index (χ0) is 30.9. The summed E-state index contributed by atoms with van der Waals surface area (Å²) in [5.74, 6) is 3.54. The Kier molecular flexibility index (Phi) is 8.04. The highest BCUT2D eigenvalue weighted by Gasteiger charge is 2.72. The Bertz CT molecular complexity index is 1100. The fraction of sp³-hybridized carbons (Fsp3) is 0.914. The van der Waals surface area contributed by atoms with Gasteiger partial charge in [-0.1, -0.05) is 48.5 Å². The lowest BCUT2D eigenvalue weighted by atomic mass is 9.32. The quantitative estimate of drug-likeness (QED) is 0.152. The number of nitrogens with two attached hydrogens (primary N) is 2. The fourth-order valence-electron chi connectivity index (χ4n) is 12.7. The molecule has 7 nitrogen and oxygen atoms in total. The normalized spacial score (nSPS) is 45.5. The van der Waals surface area contributed by atoms with E-state index in [0.29, 0.717) is 48.6 Å². The molecule has 5 fully saturated rings. The number of fused-ring (bicyclic) bond motifs is 7. The molecule has 0 aromatic rings. The summed E-state index contributed by atoms with van der Waals surface area (Å²) in [7, 11) is 0. The number of esters is 1. The van der Waals surface area contributed by atoms with Crippen LogP contribution in [0.2, 0.25) is 0 Å². The first-order chi connectivity index (χ1) is 19.5. The minimum Gasteiger partial charge on any atom is -0.462 e. The molecule has 5 saturated carbocycles. The third kappa shape index (κ3) is 4.52. The highest BCUT2D eigenvalue weighted by atomic mass is 16.5. The molecule has 7 heteroatoms. The summed E-state index contributed by atoms with van der Waals surface area (Å²) >= 11 is 0. The number of nitrogens with zero attached hydrogens (tertiary/aromatic N) is 1. The molecule has 0 heterocycles. The van der Waals surface area contributed by atoms with Crippen molar-refractivity contribution in [1.29, 1.82) is 0 Å². The second kappa shape index (κ2) is 10.7. The lowest BCUT2D eigenvalue weighted by molar-refractivity contribution is -0.250. The Morgan fingerprint density at radius 1 is 0.881 bits per heavy atom. The zero-order valence-corrected chi connectivity index (χ0v) is 27.9. The Morgan fingerprint density at radius 3 is 2.24 bits per heavy atom. The van der Waals surface area contributed by atoms with Gasteiger partial charge in [0.1, 0.15) is 6.10 Å². The third-order valence-corrected chi connectivity index (χ3v) is 14.7. The van der Waals surface area contributed by atoms with Crippen LogP contribution < -0.4 is 16.8 Å². The first kappa shape index (κ1) is 31.6. The van der Waals surface area contributed by atoms with E-state index >= 15 is 0 Å². The second-order valence-corrected chi connectivity index (χ2v) is 16.8. The zero-order valence-electron chi connectivity index (χ0n) is 27.9. The summed E-state index contributed by atoms with van der Waals surface area (Å²) in [5.41, 5.74) is 11.5. The van der Waals surface area contributed by atoms with Crippen LogP contribution in [0.25, 0.3) is 0 Å². The van der Waals surface area contributed by atoms with Crippen molar-refractivity contribution >= 4 is 17.8 Å². The fourth-order valence-corrected chi connectivity index (χ4v) is 12.7. The van der Waals surface area contributed by atoms with Gasteiger partial charge < -0.3 is 21.5 Å². The largest absolute Gasteiger partial charge is 0.462 e. The van der Waals surface area contributed by atoms with Gasteiger partial charge in [-0.05, 0) is 116 Å². The molecule has 5 N–H and O–H groups in total. The smallest absolute Gasteiger partial charge is 0.302 e. The van der Waals surface area contributed by atoms with E-state index in [4.69, 9.17) is 16.2 Å². The minimum absolute atomic E-state index is 0.00967. The Balaban J connectivity index is 1.45. The third-order valence-electron chi connectivity index (χ3n) is 14.7. The molecule has 0 saturated heterocycles. The number of carbonyl (C=O) groups excluding carboxylic acids is 2. The maximum atomic E-state index is 14.1. The molecule has 0 aromatic carbocycles. The van der Waals surface area contributed by atoms with Gasteiger partial charge in [-0.15, -0.1) is 0 Å². The van der Waals surface area contributed by atoms with Gasteiger partial charge in [0.05, 0.1) is 12.0 Å². The highest BCUT2D eigenvalue weighted by molar-refractivity contribution is 5.84. The monoisotopic (exact) mass is 584 g/mol. The Morgan fingerprint density at radius 2 is 1.60 bits per heavy atom. The van der Waals surface area contributed by atoms with Crippen LogP contribution in [0.5, 0.6) is 0 Å². The highest BCUT2D eigenvalue weighted by Crippen LogP contribution is 2.77. The van der Waals surface area contributed by atoms with E-state index < -0.39 is 0 Å². The molecule has 0 spiro atoms. The van der Waals surface area contributed by atoms with Gasteiger partial charge in [-0.3, -0.25) is 14.6 Å². The number of hydrogen-bond donors (Lipinski definition) is 3. The Labute approximate surface area is 255 Å². The van der Waals surface area contributed by atoms with E-state index in [0.717, 1.165) is 38.5 Å². The van der Waals surface area contributed by atoms with Crippen molar-refractivity contribution < 1.29 is 14.3 Å². The lowest BCUT2D eigenvalue weighted by Crippen LogP contribution is -2.67. The maximum Gasteiger partial charge on any atom is 0.302 e. The van der Waals surface area contributed by atoms with Gasteiger partial charge in [0.2, 0.25) is 5.91 Å². The molecule has 5 rings (SSSR count). The molecular formula is C35H60N4O3. The van der Waals surface area contributed by atoms with E-state index in [2.05, 4.69) is 58.8 Å². The summed E-state index contributed by atoms with van der Waals surface area (Å²) in [5, 5.41) is 3.28. The number of ether oxygens (including phenoxy) is 1. The molecule has 0 unspecified atom stereocenters. The maximum absolute atomic E-state index is 14.1. The van der Waals surface area contributed by atoms with E-state index in [1.165, 1.54) is 25.7 Å². The predicted molar refractivity (Wildman–Crippen MR) is 168 cm³/mol. The second-order valence-electron chi connectivity index (χ2n) is 16.8. The van der Waals surface area contributed by atoms with Gasteiger partial charge >= 0.3 is 5.97 Å². The van der Waals surface area contributed by atoms with Gasteiger partial charge in [0, 0.05) is 18.9 Å². The molecule has 0 aromatic heterocycles. The lowest BCUT2D eigenvalue weighted by Gasteiger charge is -2.73. The minimum atomic E-state index is -0.272. The van der Waals surface area contributed by atoms with Crippen LogP contribution in [-0.2, 0) is 14.3 Å². The van der Waals surface area contributed by atoms with Crippen molar-refractivity contribution in [2.45, 2.75) is 126 Å². The van der Waals surface area contributed by atoms with E-state index in [1.54, 1.807) is 6.92 Å². The molecule has 0 radical (unpaired) electrons. The number of amides is 1. The van der Waals surface area contributed by atoms with Crippen molar-refractivity contribution in [3.8, 4) is 0 Å². The standard InChI is InChI=1S/C35H60N4O3/c1-21(2)23-11-16-35(29(41)38-19-20-39-30(36)37)18-17-33(7)24(28(23)35)9-10-26-32(6)14-13-27(42-22(3)40)31(4,5)25(32)12-15-34(26,33)8/h21,23-28H,9-20H2,1-8H3,(H,38,41)(H4,36,37,39)/t23-,24+,25-,26+,27-,28+,32-,33+,34+,35-/m0/s1. The van der Waals surface area contributed by atoms with Crippen molar-refractivity contribution in [1.82, 2.24) is 5.32 Å². The summed E-state index contributed by atoms with van der Waals surface area (Å²) in [6.07, 6.45) is 11.3. The van der Waals surface area contributed by atoms with E-state index in [1.807, 2.05) is 0 Å². The summed E-state index contributed by atoms with van der Waals surface area (Å²) in [6.45, 7) is 19.9. The molecular weight excluding hydrogens is 524 g/mol. The number of nitrogens with one attached hydrogen (secondary N) is 1. The number of hydrogen-bond acceptors (Lipinski definition) is 4. The van der Waals surface area contributed by atoms with E-state index in [-0.39, 0.29) is 51.0 Å². The summed E-state index contributed by atoms with van der Waals surface area (Å²) in [4.78, 5) is 30.2. The number of rotatable bonds is 6. The van der Waals surface area contributed by atoms with Crippen LogP contribution in [0.15, 0.2) is 4.99 Å². The van der Waals surface area contributed by atoms with Crippen LogP contribution in [0.4, 0.5) is 0 Å². The molecule has 5 aliphatic carbocycles. The Hall–Kier alpha value is -1.79. The van der Waals surface area contributed by atoms with Crippen molar-refractivity contribution in [3.05, 3.63) is 0 Å². The SMILES string of the molecule is CC(=O)O[C@H]1CC[C@]2(C)[C@H]3CC[C@@H]4[C@H]5[C@H](C(C)C)CC[C@]5(C(=O)NCCN=C(N)N)CC[C@@]4(C)[C@]3(C)CC[C@H]2C1(C)C. The van der Waals surface area contributed by atoms with Crippen LogP contribution in [0.1, 0.15) is 120 Å². The number of aliphatic imine (C=N–C) groups is 1. The molecule has 42 heavy (non-hydrogen) atoms. The van der Waals surface area contributed by atoms with Gasteiger partial charge in [-0.25, -0.2) is 0 Å². The first-order valence-electron chi connectivity index (χ1n) is 17.1. The molecule has 0 bridgehead atoms. The summed E-state index contributed by atoms with van der Waals surface area (Å²) < 4.78 is 5.93. The molecule has 0 aliphatic heterocycles. The van der Waals surface area contributed by atoms with Gasteiger partial charge in [-0.2, -0.15) is 0 Å². The topological polar surface area (TPSA) is 120 Å². The predicted octanol–water partition coefficient (Wildman–Crippen LogP) is 6.05. The average molecular weight is 585 g/mol. The van der Waals surface area contributed by atoms with Gasteiger partial charge in [0.25, 0.3) is 0 Å². The van der Waals surface area contributed by atoms with Crippen LogP contribution >= 0.6 is 0 Å². The van der Waals surface area contributed by atoms with Crippen LogP contribution in [-0.4, -0.2) is 37.0 Å². The van der Waals surface area contributed by atoms with Crippen molar-refractivity contribution in [2.24, 2.45) is 79.0 Å². The molecule has 10 atom stereocenters. The molecule has 1 amide bonds. The van der Waals surface area contributed by atoms with Crippen LogP contribution in [0.3, 0.4) is 0 Å². The number of guanidine groups is 1. The molecule has 238 valence electrons. The first-order valence-corrected chi connectivity index (χ1v) is 17.1. The van der Waals surface area contributed by atoms with E-state index in [9.17, 15) is 9.59 Å². The van der Waals surface area contributed by atoms with Gasteiger partial charge in [0.15, 0.2) is 5.96 Å².